The zero-order valence-corrected chi connectivity index (χ0v) is 11.5. The molecule has 0 saturated carbocycles. The molecule has 0 aliphatic heterocycles. The highest BCUT2D eigenvalue weighted by Gasteiger charge is 2.11. The summed E-state index contributed by atoms with van der Waals surface area (Å²) in [4.78, 5) is 22.8. The van der Waals surface area contributed by atoms with Crippen molar-refractivity contribution in [3.63, 3.8) is 0 Å². The Hall–Kier alpha value is -2.98. The van der Waals surface area contributed by atoms with Gasteiger partial charge in [-0.2, -0.15) is 5.26 Å². The van der Waals surface area contributed by atoms with Gasteiger partial charge in [0.2, 0.25) is 0 Å². The summed E-state index contributed by atoms with van der Waals surface area (Å²) in [6.07, 6.45) is 1.49. The van der Waals surface area contributed by atoms with Crippen LogP contribution in [-0.4, -0.2) is 10.8 Å². The lowest BCUT2D eigenvalue weighted by Gasteiger charge is -2.03. The van der Waals surface area contributed by atoms with Gasteiger partial charge < -0.3 is 5.32 Å². The Balaban J connectivity index is 2.13. The number of carbonyl (C=O) groups is 1. The molecule has 0 atom stereocenters. The van der Waals surface area contributed by atoms with Gasteiger partial charge in [-0.15, -0.1) is 11.3 Å². The first-order valence-corrected chi connectivity index (χ1v) is 6.69. The summed E-state index contributed by atoms with van der Waals surface area (Å²) in [5.74, 6) is -0.556. The number of nitriles is 1. The highest BCUT2D eigenvalue weighted by Crippen LogP contribution is 2.17. The minimum atomic E-state index is -0.556. The Labute approximate surface area is 124 Å². The molecule has 7 heteroatoms. The third kappa shape index (κ3) is 3.75. The van der Waals surface area contributed by atoms with Crippen LogP contribution in [-0.2, 0) is 4.79 Å². The molecule has 2 rings (SSSR count). The number of carbonyl (C=O) groups excluding carboxylic acids is 1. The molecule has 1 heterocycles. The van der Waals surface area contributed by atoms with Gasteiger partial charge in [0.1, 0.15) is 11.6 Å². The van der Waals surface area contributed by atoms with Crippen molar-refractivity contribution in [3.8, 4) is 6.07 Å². The zero-order chi connectivity index (χ0) is 15.2. The maximum atomic E-state index is 12.0. The molecule has 0 unspecified atom stereocenters. The molecule has 2 aromatic rings. The lowest BCUT2D eigenvalue weighted by atomic mass is 10.2. The molecule has 1 N–H and O–H groups in total. The van der Waals surface area contributed by atoms with Crippen molar-refractivity contribution in [2.24, 2.45) is 0 Å². The molecule has 1 amide bonds. The summed E-state index contributed by atoms with van der Waals surface area (Å²) in [6.45, 7) is 0. The van der Waals surface area contributed by atoms with Gasteiger partial charge in [-0.1, -0.05) is 6.07 Å². The number of non-ortho nitro benzene ring substituents is 1. The number of nitrogens with one attached hydrogen (secondary N) is 1. The molecule has 0 fully saturated rings. The van der Waals surface area contributed by atoms with Crippen LogP contribution in [0, 0.1) is 21.4 Å². The van der Waals surface area contributed by atoms with E-state index in [0.717, 1.165) is 4.88 Å². The number of rotatable bonds is 4. The lowest BCUT2D eigenvalue weighted by molar-refractivity contribution is -0.384. The van der Waals surface area contributed by atoms with Crippen LogP contribution in [0.4, 0.5) is 11.4 Å². The molecule has 1 aromatic heterocycles. The molecule has 0 bridgehead atoms. The first-order chi connectivity index (χ1) is 10.1. The zero-order valence-electron chi connectivity index (χ0n) is 10.6. The average Bonchev–Trinajstić information content (AvgIpc) is 2.98. The molecule has 21 heavy (non-hydrogen) atoms. The predicted octanol–water partition coefficient (Wildman–Crippen LogP) is 3.20. The van der Waals surface area contributed by atoms with Crippen molar-refractivity contribution in [1.82, 2.24) is 0 Å². The van der Waals surface area contributed by atoms with E-state index in [1.54, 1.807) is 6.07 Å². The monoisotopic (exact) mass is 299 g/mol. The van der Waals surface area contributed by atoms with Crippen molar-refractivity contribution in [2.45, 2.75) is 0 Å². The third-order valence-corrected chi connectivity index (χ3v) is 3.35. The van der Waals surface area contributed by atoms with E-state index in [0.29, 0.717) is 5.69 Å². The van der Waals surface area contributed by atoms with Crippen LogP contribution in [0.3, 0.4) is 0 Å². The number of amides is 1. The van der Waals surface area contributed by atoms with Crippen LogP contribution in [0.2, 0.25) is 0 Å². The Morgan fingerprint density at radius 3 is 2.57 bits per heavy atom. The second-order valence-electron chi connectivity index (χ2n) is 3.94. The molecular formula is C14H9N3O3S. The maximum absolute atomic E-state index is 12.0. The van der Waals surface area contributed by atoms with E-state index in [9.17, 15) is 14.9 Å². The number of benzene rings is 1. The largest absolute Gasteiger partial charge is 0.321 e. The van der Waals surface area contributed by atoms with E-state index in [1.165, 1.54) is 41.7 Å². The minimum absolute atomic E-state index is 0.0317. The van der Waals surface area contributed by atoms with E-state index in [-0.39, 0.29) is 11.3 Å². The number of nitro groups is 1. The van der Waals surface area contributed by atoms with Crippen LogP contribution in [0.5, 0.6) is 0 Å². The molecule has 0 saturated heterocycles. The first kappa shape index (κ1) is 14.4. The highest BCUT2D eigenvalue weighted by atomic mass is 32.1. The van der Waals surface area contributed by atoms with E-state index >= 15 is 0 Å². The Morgan fingerprint density at radius 2 is 2.05 bits per heavy atom. The van der Waals surface area contributed by atoms with Gasteiger partial charge >= 0.3 is 0 Å². The first-order valence-electron chi connectivity index (χ1n) is 5.81. The van der Waals surface area contributed by atoms with Crippen molar-refractivity contribution < 1.29 is 9.72 Å². The highest BCUT2D eigenvalue weighted by molar-refractivity contribution is 7.10. The van der Waals surface area contributed by atoms with Crippen LogP contribution in [0.1, 0.15) is 4.88 Å². The van der Waals surface area contributed by atoms with Gasteiger partial charge in [0.15, 0.2) is 0 Å². The summed E-state index contributed by atoms with van der Waals surface area (Å²) in [5, 5.41) is 23.9. The number of hydrogen-bond donors (Lipinski definition) is 1. The second kappa shape index (κ2) is 6.45. The normalized spacial score (nSPS) is 10.7. The van der Waals surface area contributed by atoms with E-state index in [1.807, 2.05) is 17.5 Å². The van der Waals surface area contributed by atoms with Crippen molar-refractivity contribution in [2.75, 3.05) is 5.32 Å². The Kier molecular flexibility index (Phi) is 4.43. The number of thiophene rings is 1. The van der Waals surface area contributed by atoms with Crippen LogP contribution in [0.15, 0.2) is 47.4 Å². The smallest absolute Gasteiger partial charge is 0.269 e. The fourth-order valence-corrected chi connectivity index (χ4v) is 2.19. The van der Waals surface area contributed by atoms with Gasteiger partial charge in [-0.05, 0) is 29.7 Å². The number of nitro benzene ring substituents is 1. The number of nitrogens with zero attached hydrogens (tertiary/aromatic N) is 2. The SMILES string of the molecule is N#C/C(=C/c1cccs1)C(=O)Nc1ccc([N+](=O)[O-])cc1. The van der Waals surface area contributed by atoms with Gasteiger partial charge in [0.25, 0.3) is 11.6 Å². The summed E-state index contributed by atoms with van der Waals surface area (Å²) < 4.78 is 0. The fourth-order valence-electron chi connectivity index (χ4n) is 1.53. The van der Waals surface area contributed by atoms with Crippen LogP contribution in [0.25, 0.3) is 6.08 Å². The third-order valence-electron chi connectivity index (χ3n) is 2.53. The van der Waals surface area contributed by atoms with Gasteiger partial charge in [0, 0.05) is 22.7 Å². The van der Waals surface area contributed by atoms with E-state index < -0.39 is 10.8 Å². The topological polar surface area (TPSA) is 96.0 Å². The van der Waals surface area contributed by atoms with E-state index in [2.05, 4.69) is 5.32 Å². The van der Waals surface area contributed by atoms with Gasteiger partial charge in [-0.25, -0.2) is 0 Å². The molecular weight excluding hydrogens is 290 g/mol. The molecule has 0 aliphatic rings. The summed E-state index contributed by atoms with van der Waals surface area (Å²) in [7, 11) is 0. The standard InChI is InChI=1S/C14H9N3O3S/c15-9-10(8-13-2-1-7-21-13)14(18)16-11-3-5-12(6-4-11)17(19)20/h1-8H,(H,16,18)/b10-8-. The van der Waals surface area contributed by atoms with Gasteiger partial charge in [-0.3, -0.25) is 14.9 Å². The Morgan fingerprint density at radius 1 is 1.33 bits per heavy atom. The minimum Gasteiger partial charge on any atom is -0.321 e. The number of hydrogen-bond acceptors (Lipinski definition) is 5. The predicted molar refractivity (Wildman–Crippen MR) is 79.6 cm³/mol. The molecule has 1 aromatic carbocycles. The summed E-state index contributed by atoms with van der Waals surface area (Å²) in [5.41, 5.74) is 0.288. The quantitative estimate of drug-likeness (QED) is 0.406. The second-order valence-corrected chi connectivity index (χ2v) is 4.92. The van der Waals surface area contributed by atoms with Crippen LogP contribution < -0.4 is 5.32 Å². The maximum Gasteiger partial charge on any atom is 0.269 e. The van der Waals surface area contributed by atoms with Crippen molar-refractivity contribution >= 4 is 34.7 Å². The summed E-state index contributed by atoms with van der Waals surface area (Å²) >= 11 is 1.41. The van der Waals surface area contributed by atoms with Gasteiger partial charge in [0.05, 0.1) is 4.92 Å². The lowest BCUT2D eigenvalue weighted by Crippen LogP contribution is -2.13. The molecule has 0 aliphatic carbocycles. The molecule has 0 spiro atoms. The van der Waals surface area contributed by atoms with E-state index in [4.69, 9.17) is 5.26 Å². The molecule has 0 radical (unpaired) electrons. The van der Waals surface area contributed by atoms with Crippen LogP contribution >= 0.6 is 11.3 Å². The number of anilines is 1. The average molecular weight is 299 g/mol. The molecule has 6 nitrogen and oxygen atoms in total. The van der Waals surface area contributed by atoms with Crippen molar-refractivity contribution in [3.05, 3.63) is 62.3 Å². The molecule has 104 valence electrons. The fraction of sp³-hybridized carbons (Fsp3) is 0. The Bertz CT molecular complexity index is 728. The van der Waals surface area contributed by atoms with Crippen molar-refractivity contribution in [1.29, 1.82) is 5.26 Å². The summed E-state index contributed by atoms with van der Waals surface area (Å²) in [6, 6.07) is 10.8.